The van der Waals surface area contributed by atoms with Crippen LogP contribution in [0.2, 0.25) is 0 Å². The molecule has 214 valence electrons. The molecule has 1 aliphatic heterocycles. The summed E-state index contributed by atoms with van der Waals surface area (Å²) < 4.78 is 51.8. The number of halogens is 1. The minimum absolute atomic E-state index is 0.174. The minimum Gasteiger partial charge on any atom is -0.381 e. The molecule has 0 radical (unpaired) electrons. The second kappa shape index (κ2) is 10.3. The molecule has 1 saturated heterocycles. The van der Waals surface area contributed by atoms with E-state index in [-0.39, 0.29) is 17.5 Å². The van der Waals surface area contributed by atoms with Crippen molar-refractivity contribution in [3.8, 4) is 11.3 Å². The molecule has 4 heterocycles. The molecule has 3 aromatic heterocycles. The predicted octanol–water partition coefficient (Wildman–Crippen LogP) is 5.22. The summed E-state index contributed by atoms with van der Waals surface area (Å²) in [4.78, 5) is 4.84. The number of sulfonamides is 1. The van der Waals surface area contributed by atoms with Crippen LogP contribution in [-0.4, -0.2) is 52.8 Å². The molecule has 5 aromatic rings. The summed E-state index contributed by atoms with van der Waals surface area (Å²) in [5.41, 5.74) is 4.13. The summed E-state index contributed by atoms with van der Waals surface area (Å²) in [6, 6.07) is 15.4. The molecule has 2 aromatic carbocycles. The van der Waals surface area contributed by atoms with E-state index in [1.807, 2.05) is 37.3 Å². The zero-order valence-corrected chi connectivity index (χ0v) is 24.3. The van der Waals surface area contributed by atoms with Crippen LogP contribution in [0.4, 0.5) is 4.39 Å². The smallest absolute Gasteiger partial charge is 0.209 e. The Balaban J connectivity index is 1.70. The highest BCUT2D eigenvalue weighted by molar-refractivity contribution is 7.88. The molecule has 1 fully saturated rings. The molecule has 0 saturated carbocycles. The fraction of sp³-hybridized carbons (Fsp3) is 0.367. The van der Waals surface area contributed by atoms with Crippen molar-refractivity contribution in [1.82, 2.24) is 29.7 Å². The highest BCUT2D eigenvalue weighted by Crippen LogP contribution is 2.43. The Kier molecular flexibility index (Phi) is 6.91. The number of pyridine rings is 1. The number of fused-ring (bicyclic) bond motifs is 3. The molecule has 1 aliphatic rings. The van der Waals surface area contributed by atoms with Gasteiger partial charge in [-0.1, -0.05) is 42.5 Å². The van der Waals surface area contributed by atoms with Crippen molar-refractivity contribution in [2.24, 2.45) is 5.92 Å². The maximum Gasteiger partial charge on any atom is 0.209 e. The van der Waals surface area contributed by atoms with E-state index in [1.165, 1.54) is 0 Å². The molecule has 0 spiro atoms. The first-order valence-corrected chi connectivity index (χ1v) is 15.6. The summed E-state index contributed by atoms with van der Waals surface area (Å²) in [5, 5.41) is 11.8. The Morgan fingerprint density at radius 2 is 1.85 bits per heavy atom. The first kappa shape index (κ1) is 27.5. The number of hydrogen-bond donors (Lipinski definition) is 2. The van der Waals surface area contributed by atoms with Gasteiger partial charge in [0.05, 0.1) is 40.1 Å². The number of ether oxygens (including phenoxy) is 1. The molecule has 0 amide bonds. The number of benzene rings is 2. The predicted molar refractivity (Wildman–Crippen MR) is 156 cm³/mol. The normalized spacial score (nSPS) is 16.0. The maximum atomic E-state index is 17.0. The first-order valence-electron chi connectivity index (χ1n) is 13.7. The molecule has 6 rings (SSSR count). The van der Waals surface area contributed by atoms with Gasteiger partial charge in [-0.05, 0) is 51.2 Å². The van der Waals surface area contributed by atoms with Gasteiger partial charge in [0.1, 0.15) is 5.69 Å². The van der Waals surface area contributed by atoms with Crippen LogP contribution in [0.3, 0.4) is 0 Å². The van der Waals surface area contributed by atoms with Gasteiger partial charge in [0.2, 0.25) is 10.0 Å². The van der Waals surface area contributed by atoms with Crippen molar-refractivity contribution in [2.75, 3.05) is 19.5 Å². The van der Waals surface area contributed by atoms with Crippen LogP contribution < -0.4 is 4.72 Å². The summed E-state index contributed by atoms with van der Waals surface area (Å²) in [5.74, 6) is -0.304. The van der Waals surface area contributed by atoms with Crippen molar-refractivity contribution in [3.63, 3.8) is 0 Å². The van der Waals surface area contributed by atoms with Crippen LogP contribution in [0.15, 0.2) is 54.7 Å². The van der Waals surface area contributed by atoms with Crippen LogP contribution in [-0.2, 0) is 20.3 Å². The van der Waals surface area contributed by atoms with Crippen molar-refractivity contribution in [2.45, 2.75) is 45.2 Å². The van der Waals surface area contributed by atoms with Crippen molar-refractivity contribution < 1.29 is 17.5 Å². The first-order chi connectivity index (χ1) is 19.5. The Labute approximate surface area is 238 Å². The second-order valence-electron chi connectivity index (χ2n) is 11.3. The number of aromatic nitrogens is 5. The lowest BCUT2D eigenvalue weighted by Crippen LogP contribution is -2.41. The zero-order valence-electron chi connectivity index (χ0n) is 23.5. The standard InChI is InChI=1S/C30H33FN6O3S/c1-18-26(34-36-33-18)21-16-24-27(32-17-21)22-10-11-23(30(2,3)35-41(4,38)39)25(31)29(22)37(24)28(19-8-6-5-7-9-19)20-12-14-40-15-13-20/h5-11,16-17,20,28,35H,12-15H2,1-4H3,(H,33,34,36). The number of hydrogen-bond acceptors (Lipinski definition) is 6. The van der Waals surface area contributed by atoms with Crippen molar-refractivity contribution >= 4 is 32.0 Å². The Morgan fingerprint density at radius 3 is 2.51 bits per heavy atom. The molecule has 1 unspecified atom stereocenters. The monoisotopic (exact) mass is 576 g/mol. The molecule has 11 heteroatoms. The van der Waals surface area contributed by atoms with Gasteiger partial charge >= 0.3 is 0 Å². The van der Waals surface area contributed by atoms with E-state index in [0.717, 1.165) is 41.4 Å². The summed E-state index contributed by atoms with van der Waals surface area (Å²) in [7, 11) is -3.61. The lowest BCUT2D eigenvalue weighted by molar-refractivity contribution is 0.0552. The van der Waals surface area contributed by atoms with E-state index in [1.54, 1.807) is 26.1 Å². The molecule has 41 heavy (non-hydrogen) atoms. The Morgan fingerprint density at radius 1 is 1.12 bits per heavy atom. The lowest BCUT2D eigenvalue weighted by Gasteiger charge is -2.33. The Hall–Kier alpha value is -3.67. The van der Waals surface area contributed by atoms with Crippen molar-refractivity contribution in [1.29, 1.82) is 0 Å². The fourth-order valence-corrected chi connectivity index (χ4v) is 7.28. The second-order valence-corrected chi connectivity index (χ2v) is 13.1. The van der Waals surface area contributed by atoms with Crippen LogP contribution in [0.25, 0.3) is 33.2 Å². The van der Waals surface area contributed by atoms with Crippen molar-refractivity contribution in [3.05, 3.63) is 77.4 Å². The third kappa shape index (κ3) is 5.02. The number of H-pyrrole nitrogens is 1. The average molecular weight is 577 g/mol. The van der Waals surface area contributed by atoms with E-state index in [4.69, 9.17) is 9.72 Å². The van der Waals surface area contributed by atoms with Crippen LogP contribution in [0, 0.1) is 18.7 Å². The number of aryl methyl sites for hydroxylation is 1. The Bertz CT molecular complexity index is 1840. The maximum absolute atomic E-state index is 17.0. The van der Waals surface area contributed by atoms with Gasteiger partial charge < -0.3 is 9.30 Å². The number of aromatic amines is 1. The van der Waals surface area contributed by atoms with E-state index in [0.29, 0.717) is 35.3 Å². The summed E-state index contributed by atoms with van der Waals surface area (Å²) >= 11 is 0. The molecular formula is C30H33FN6O3S. The number of nitrogens with one attached hydrogen (secondary N) is 2. The summed E-state index contributed by atoms with van der Waals surface area (Å²) in [6.07, 6.45) is 4.46. The summed E-state index contributed by atoms with van der Waals surface area (Å²) in [6.45, 7) is 6.47. The van der Waals surface area contributed by atoms with E-state index in [9.17, 15) is 8.42 Å². The number of rotatable bonds is 7. The van der Waals surface area contributed by atoms with Crippen LogP contribution in [0.5, 0.6) is 0 Å². The van der Waals surface area contributed by atoms with Gasteiger partial charge in [-0.2, -0.15) is 15.4 Å². The van der Waals surface area contributed by atoms with Gasteiger partial charge in [-0.25, -0.2) is 17.5 Å². The van der Waals surface area contributed by atoms with Gasteiger partial charge in [0.25, 0.3) is 0 Å². The minimum atomic E-state index is -3.61. The van der Waals surface area contributed by atoms with Gasteiger partial charge in [0, 0.05) is 35.9 Å². The van der Waals surface area contributed by atoms with E-state index >= 15 is 4.39 Å². The van der Waals surface area contributed by atoms with Gasteiger partial charge in [0.15, 0.2) is 5.82 Å². The third-order valence-corrected chi connectivity index (χ3v) is 8.86. The highest BCUT2D eigenvalue weighted by atomic mass is 32.2. The largest absolute Gasteiger partial charge is 0.381 e. The van der Waals surface area contributed by atoms with Gasteiger partial charge in [-0.15, -0.1) is 0 Å². The zero-order chi connectivity index (χ0) is 28.9. The van der Waals surface area contributed by atoms with Crippen LogP contribution >= 0.6 is 0 Å². The lowest BCUT2D eigenvalue weighted by atomic mass is 9.86. The van der Waals surface area contributed by atoms with Gasteiger partial charge in [-0.3, -0.25) is 4.98 Å². The third-order valence-electron chi connectivity index (χ3n) is 7.98. The molecule has 0 bridgehead atoms. The quantitative estimate of drug-likeness (QED) is 0.275. The molecule has 9 nitrogen and oxygen atoms in total. The highest BCUT2D eigenvalue weighted by Gasteiger charge is 2.34. The fourth-order valence-electron chi connectivity index (χ4n) is 6.25. The van der Waals surface area contributed by atoms with Crippen LogP contribution in [0.1, 0.15) is 49.6 Å². The SMILES string of the molecule is Cc1n[nH]nc1-c1cnc2c3ccc(C(C)(C)NS(C)(=O)=O)c(F)c3n(C(c3ccccc3)C3CCOCC3)c2c1. The molecule has 1 atom stereocenters. The topological polar surface area (TPSA) is 115 Å². The molecule has 2 N–H and O–H groups in total. The van der Waals surface area contributed by atoms with E-state index in [2.05, 4.69) is 36.8 Å². The van der Waals surface area contributed by atoms with E-state index < -0.39 is 21.4 Å². The molecular weight excluding hydrogens is 543 g/mol. The molecule has 0 aliphatic carbocycles. The average Bonchev–Trinajstić information content (AvgIpc) is 3.50. The number of nitrogens with zero attached hydrogens (tertiary/aromatic N) is 4.